The highest BCUT2D eigenvalue weighted by Crippen LogP contribution is 2.24. The van der Waals surface area contributed by atoms with Gasteiger partial charge in [-0.25, -0.2) is 0 Å². The normalized spacial score (nSPS) is 12.9. The Bertz CT molecular complexity index is 692. The van der Waals surface area contributed by atoms with Gasteiger partial charge in [-0.1, -0.05) is 48.5 Å². The monoisotopic (exact) mass is 292 g/mol. The highest BCUT2D eigenvalue weighted by molar-refractivity contribution is 5.81. The van der Waals surface area contributed by atoms with E-state index in [4.69, 9.17) is 0 Å². The van der Waals surface area contributed by atoms with Crippen LogP contribution >= 0.6 is 0 Å². The molecule has 0 aliphatic carbocycles. The molecule has 3 rings (SSSR count). The lowest BCUT2D eigenvalue weighted by molar-refractivity contribution is -0.128. The van der Waals surface area contributed by atoms with Crippen LogP contribution < -0.4 is 5.32 Å². The molecule has 2 aromatic rings. The third-order valence-corrected chi connectivity index (χ3v) is 4.02. The average molecular weight is 292 g/mol. The van der Waals surface area contributed by atoms with Crippen molar-refractivity contribution in [2.45, 2.75) is 12.8 Å². The fraction of sp³-hybridized carbons (Fsp3) is 0.211. The first-order chi connectivity index (χ1) is 10.7. The van der Waals surface area contributed by atoms with Crippen LogP contribution in [0, 0.1) is 0 Å². The van der Waals surface area contributed by atoms with Crippen LogP contribution in [0.5, 0.6) is 0 Å². The molecule has 1 aliphatic rings. The number of anilines is 1. The second-order valence-electron chi connectivity index (χ2n) is 5.51. The Balaban J connectivity index is 1.65. The molecule has 0 spiro atoms. The fourth-order valence-corrected chi connectivity index (χ4v) is 2.64. The van der Waals surface area contributed by atoms with Crippen molar-refractivity contribution in [3.8, 4) is 0 Å². The van der Waals surface area contributed by atoms with E-state index in [9.17, 15) is 4.79 Å². The first-order valence-corrected chi connectivity index (χ1v) is 7.58. The lowest BCUT2D eigenvalue weighted by Crippen LogP contribution is -2.31. The molecule has 2 aromatic carbocycles. The van der Waals surface area contributed by atoms with Crippen LogP contribution in [0.3, 0.4) is 0 Å². The summed E-state index contributed by atoms with van der Waals surface area (Å²) in [5, 5.41) is 3.36. The van der Waals surface area contributed by atoms with E-state index in [0.29, 0.717) is 13.0 Å². The number of rotatable bonds is 4. The molecule has 0 aromatic heterocycles. The number of carbonyl (C=O) groups excluding carboxylic acids is 1. The van der Waals surface area contributed by atoms with Gasteiger partial charge in [-0.15, -0.1) is 0 Å². The molecule has 1 N–H and O–H groups in total. The summed E-state index contributed by atoms with van der Waals surface area (Å²) in [5.74, 6) is 0.149. The van der Waals surface area contributed by atoms with Gasteiger partial charge < -0.3 is 10.2 Å². The highest BCUT2D eigenvalue weighted by Gasteiger charge is 2.17. The number of aryl methyl sites for hydroxylation is 1. The quantitative estimate of drug-likeness (QED) is 0.934. The van der Waals surface area contributed by atoms with Gasteiger partial charge in [-0.2, -0.15) is 0 Å². The summed E-state index contributed by atoms with van der Waals surface area (Å²) in [6.07, 6.45) is 3.40. The van der Waals surface area contributed by atoms with E-state index >= 15 is 0 Å². The maximum absolute atomic E-state index is 12.4. The van der Waals surface area contributed by atoms with Crippen LogP contribution in [0.25, 0.3) is 6.08 Å². The number of nitrogens with zero attached hydrogens (tertiary/aromatic N) is 1. The van der Waals surface area contributed by atoms with Crippen molar-refractivity contribution >= 4 is 17.7 Å². The Morgan fingerprint density at radius 2 is 1.82 bits per heavy atom. The zero-order chi connectivity index (χ0) is 15.4. The molecule has 0 bridgehead atoms. The van der Waals surface area contributed by atoms with E-state index in [0.717, 1.165) is 23.4 Å². The van der Waals surface area contributed by atoms with Crippen LogP contribution in [0.15, 0.2) is 60.3 Å². The predicted octanol–water partition coefficient (Wildman–Crippen LogP) is 3.54. The van der Waals surface area contributed by atoms with E-state index in [1.165, 1.54) is 5.56 Å². The maximum Gasteiger partial charge on any atom is 0.226 e. The molecule has 22 heavy (non-hydrogen) atoms. The summed E-state index contributed by atoms with van der Waals surface area (Å²) in [4.78, 5) is 14.2. The van der Waals surface area contributed by atoms with Gasteiger partial charge in [0.2, 0.25) is 5.91 Å². The van der Waals surface area contributed by atoms with Crippen molar-refractivity contribution in [3.63, 3.8) is 0 Å². The Kier molecular flexibility index (Phi) is 4.24. The minimum Gasteiger partial charge on any atom is -0.379 e. The molecule has 3 heteroatoms. The summed E-state index contributed by atoms with van der Waals surface area (Å²) in [6.45, 7) is 0.685. The standard InChI is InChI=1S/C19H20N2O/c1-21(19(22)12-11-15-7-3-2-4-8-15)17-13-16-9-5-6-10-18(16)20-14-17/h2-10,13,20H,11-12,14H2,1H3. The van der Waals surface area contributed by atoms with Crippen molar-refractivity contribution in [2.75, 3.05) is 18.9 Å². The number of hydrogen-bond acceptors (Lipinski definition) is 2. The predicted molar refractivity (Wildman–Crippen MR) is 90.4 cm³/mol. The van der Waals surface area contributed by atoms with Crippen molar-refractivity contribution in [1.29, 1.82) is 0 Å². The second-order valence-corrected chi connectivity index (χ2v) is 5.51. The molecule has 1 aliphatic heterocycles. The Morgan fingerprint density at radius 3 is 2.64 bits per heavy atom. The van der Waals surface area contributed by atoms with Gasteiger partial charge in [0.05, 0.1) is 6.54 Å². The molecule has 0 fully saturated rings. The molecular formula is C19H20N2O. The van der Waals surface area contributed by atoms with Crippen LogP contribution in [0.1, 0.15) is 17.5 Å². The first kappa shape index (κ1) is 14.4. The molecule has 0 saturated heterocycles. The van der Waals surface area contributed by atoms with Crippen LogP contribution in [0.2, 0.25) is 0 Å². The summed E-state index contributed by atoms with van der Waals surface area (Å²) in [7, 11) is 1.86. The Hall–Kier alpha value is -2.55. The molecule has 112 valence electrons. The summed E-state index contributed by atoms with van der Waals surface area (Å²) in [6, 6.07) is 18.3. The van der Waals surface area contributed by atoms with Crippen molar-refractivity contribution in [2.24, 2.45) is 0 Å². The zero-order valence-electron chi connectivity index (χ0n) is 12.8. The number of amides is 1. The number of carbonyl (C=O) groups is 1. The topological polar surface area (TPSA) is 32.3 Å². The number of para-hydroxylation sites is 1. The minimum atomic E-state index is 0.149. The van der Waals surface area contributed by atoms with Crippen LogP contribution in [-0.2, 0) is 11.2 Å². The first-order valence-electron chi connectivity index (χ1n) is 7.58. The number of nitrogens with one attached hydrogen (secondary N) is 1. The van der Waals surface area contributed by atoms with E-state index in [2.05, 4.69) is 35.7 Å². The molecular weight excluding hydrogens is 272 g/mol. The average Bonchev–Trinajstić information content (AvgIpc) is 2.59. The van der Waals surface area contributed by atoms with Gasteiger partial charge in [-0.05, 0) is 29.7 Å². The fourth-order valence-electron chi connectivity index (χ4n) is 2.64. The Morgan fingerprint density at radius 1 is 1.09 bits per heavy atom. The second kappa shape index (κ2) is 6.48. The molecule has 3 nitrogen and oxygen atoms in total. The molecule has 1 heterocycles. The highest BCUT2D eigenvalue weighted by atomic mass is 16.2. The summed E-state index contributed by atoms with van der Waals surface area (Å²) < 4.78 is 0. The number of benzene rings is 2. The number of fused-ring (bicyclic) bond motifs is 1. The molecule has 0 atom stereocenters. The van der Waals surface area contributed by atoms with Gasteiger partial charge in [0.1, 0.15) is 0 Å². The van der Waals surface area contributed by atoms with Crippen molar-refractivity contribution in [3.05, 3.63) is 71.4 Å². The lowest BCUT2D eigenvalue weighted by atomic mass is 10.1. The van der Waals surface area contributed by atoms with Crippen molar-refractivity contribution in [1.82, 2.24) is 4.90 Å². The van der Waals surface area contributed by atoms with E-state index in [-0.39, 0.29) is 5.91 Å². The lowest BCUT2D eigenvalue weighted by Gasteiger charge is -2.26. The van der Waals surface area contributed by atoms with Crippen LogP contribution in [0.4, 0.5) is 5.69 Å². The van der Waals surface area contributed by atoms with E-state index in [1.54, 1.807) is 4.90 Å². The SMILES string of the molecule is CN(C(=O)CCc1ccccc1)C1=Cc2ccccc2NC1. The number of hydrogen-bond donors (Lipinski definition) is 1. The number of likely N-dealkylation sites (N-methyl/N-ethyl adjacent to an activating group) is 1. The third-order valence-electron chi connectivity index (χ3n) is 4.02. The Labute approximate surface area is 131 Å². The van der Waals surface area contributed by atoms with Crippen LogP contribution in [-0.4, -0.2) is 24.4 Å². The zero-order valence-corrected chi connectivity index (χ0v) is 12.8. The molecule has 1 amide bonds. The third kappa shape index (κ3) is 3.19. The summed E-state index contributed by atoms with van der Waals surface area (Å²) in [5.41, 5.74) is 4.46. The smallest absolute Gasteiger partial charge is 0.226 e. The van der Waals surface area contributed by atoms with Gasteiger partial charge in [0.25, 0.3) is 0 Å². The maximum atomic E-state index is 12.4. The van der Waals surface area contributed by atoms with Gasteiger partial charge in [0, 0.05) is 24.9 Å². The van der Waals surface area contributed by atoms with E-state index in [1.807, 2.05) is 37.4 Å². The summed E-state index contributed by atoms with van der Waals surface area (Å²) >= 11 is 0. The molecule has 0 unspecified atom stereocenters. The van der Waals surface area contributed by atoms with Gasteiger partial charge in [-0.3, -0.25) is 4.79 Å². The van der Waals surface area contributed by atoms with E-state index < -0.39 is 0 Å². The minimum absolute atomic E-state index is 0.149. The largest absolute Gasteiger partial charge is 0.379 e. The van der Waals surface area contributed by atoms with Gasteiger partial charge >= 0.3 is 0 Å². The van der Waals surface area contributed by atoms with Gasteiger partial charge in [0.15, 0.2) is 0 Å². The molecule has 0 saturated carbocycles. The molecule has 0 radical (unpaired) electrons. The van der Waals surface area contributed by atoms with Crippen molar-refractivity contribution < 1.29 is 4.79 Å².